The first kappa shape index (κ1) is 70.9. The molecule has 1 aromatic rings. The van der Waals surface area contributed by atoms with Crippen molar-refractivity contribution in [2.75, 3.05) is 52.5 Å². The molecule has 0 saturated heterocycles. The lowest BCUT2D eigenvalue weighted by molar-refractivity contribution is 0.258. The summed E-state index contributed by atoms with van der Waals surface area (Å²) in [5, 5.41) is 10.8. The third kappa shape index (κ3) is 52.5. The van der Waals surface area contributed by atoms with Crippen molar-refractivity contribution in [2.45, 2.75) is 239 Å². The molecule has 388 valence electrons. The van der Waals surface area contributed by atoms with E-state index in [1.54, 1.807) is 0 Å². The first-order valence-corrected chi connectivity index (χ1v) is 26.8. The lowest BCUT2D eigenvalue weighted by atomic mass is 10.1. The van der Waals surface area contributed by atoms with Crippen LogP contribution in [0.3, 0.4) is 0 Å². The summed E-state index contributed by atoms with van der Waals surface area (Å²) in [4.78, 5) is 0. The monoisotopic (exact) mass is 997 g/mol. The topological polar surface area (TPSA) is 80.6 Å². The number of allylic oxidation sites excluding steroid dienone is 4. The van der Waals surface area contributed by atoms with E-state index >= 15 is 0 Å². The second kappa shape index (κ2) is 61.3. The Morgan fingerprint density at radius 2 is 0.723 bits per heavy atom. The molecular weight excluding hydrogens is 890 g/mol. The fourth-order valence-electron chi connectivity index (χ4n) is 7.83. The molecule has 0 fully saturated rings. The van der Waals surface area contributed by atoms with E-state index in [4.69, 9.17) is 15.2 Å². The molecule has 0 aliphatic rings. The van der Waals surface area contributed by atoms with Gasteiger partial charge < -0.3 is 31.2 Å². The summed E-state index contributed by atoms with van der Waals surface area (Å²) in [7, 11) is 0. The molecule has 0 amide bonds. The Labute approximate surface area is 429 Å². The number of hydrogen-bond acceptors (Lipinski definition) is 6. The minimum Gasteiger partial charge on any atom is -0.490 e. The van der Waals surface area contributed by atoms with Gasteiger partial charge >= 0.3 is 0 Å². The smallest absolute Gasteiger partial charge is 0.161 e. The van der Waals surface area contributed by atoms with Gasteiger partial charge in [0.1, 0.15) is 0 Å². The minimum atomic E-state index is 0. The third-order valence-electron chi connectivity index (χ3n) is 11.9. The lowest BCUT2D eigenvalue weighted by Gasteiger charge is -2.15. The molecule has 0 heterocycles. The second-order valence-electron chi connectivity index (χ2n) is 17.9. The fraction of sp³-hybridized carbons (Fsp3) is 0.818. The maximum absolute atomic E-state index is 6.43. The van der Waals surface area contributed by atoms with Crippen LogP contribution in [0.4, 0.5) is 0 Å². The van der Waals surface area contributed by atoms with E-state index in [0.717, 1.165) is 89.8 Å². The van der Waals surface area contributed by atoms with Crippen molar-refractivity contribution in [3.63, 3.8) is 0 Å². The molecule has 0 saturated carbocycles. The Hall–Kier alpha value is -0.700. The van der Waals surface area contributed by atoms with Crippen LogP contribution in [0.15, 0.2) is 42.5 Å². The van der Waals surface area contributed by atoms with Crippen LogP contribution < -0.4 is 31.2 Å². The SMILES string of the molecule is CCCCCCCC/C=C\CCCCCCCCOc1ccc(CNCCCCNCCCCNCCCCN)cc1OCCCCCCCC/C=C\CCCCCCCC.Cl.Cl.Cl.Cl. The standard InChI is InChI=1S/C55H104N4O2.4ClH/c1-3-5-7-9-11-13-15-17-19-21-23-25-27-29-31-39-49-60-54-42-41-53(52-59-48-38-37-47-58-46-36-35-45-57-44-34-33-43-56)51-55(54)61-50-40-32-30-28-26-24-22-20-18-16-14-12-10-8-6-4-2;;;;/h17-20,41-42,51,57-59H,3-16,21-40,43-50,52,56H2,1-2H3;4*1H/b19-17-,20-18-;;;;. The zero-order chi connectivity index (χ0) is 43.6. The molecule has 65 heavy (non-hydrogen) atoms. The average molecular weight is 999 g/mol. The van der Waals surface area contributed by atoms with Gasteiger partial charge in [0.15, 0.2) is 11.5 Å². The molecule has 0 atom stereocenters. The van der Waals surface area contributed by atoms with E-state index in [1.807, 2.05) is 0 Å². The number of rotatable bonds is 50. The highest BCUT2D eigenvalue weighted by Gasteiger charge is 2.08. The van der Waals surface area contributed by atoms with Crippen molar-refractivity contribution in [3.8, 4) is 11.5 Å². The highest BCUT2D eigenvalue weighted by molar-refractivity contribution is 5.86. The Bertz CT molecular complexity index is 1080. The van der Waals surface area contributed by atoms with Crippen molar-refractivity contribution in [2.24, 2.45) is 5.73 Å². The summed E-state index contributed by atoms with van der Waals surface area (Å²) < 4.78 is 12.8. The van der Waals surface area contributed by atoms with Crippen LogP contribution in [-0.4, -0.2) is 52.5 Å². The molecule has 0 aromatic heterocycles. The Balaban J connectivity index is -0.00000465. The van der Waals surface area contributed by atoms with Gasteiger partial charge in [-0.25, -0.2) is 0 Å². The van der Waals surface area contributed by atoms with Gasteiger partial charge in [0, 0.05) is 6.54 Å². The van der Waals surface area contributed by atoms with E-state index in [1.165, 1.54) is 205 Å². The number of benzene rings is 1. The summed E-state index contributed by atoms with van der Waals surface area (Å²) in [6, 6.07) is 6.59. The summed E-state index contributed by atoms with van der Waals surface area (Å²) in [5.74, 6) is 1.83. The predicted octanol–water partition coefficient (Wildman–Crippen LogP) is 16.8. The Kier molecular flexibility index (Phi) is 66.8. The molecule has 0 aliphatic heterocycles. The van der Waals surface area contributed by atoms with Crippen molar-refractivity contribution >= 4 is 49.6 Å². The quantitative estimate of drug-likeness (QED) is 0.0385. The van der Waals surface area contributed by atoms with Gasteiger partial charge in [0.05, 0.1) is 13.2 Å². The van der Waals surface area contributed by atoms with Crippen LogP contribution in [0.2, 0.25) is 0 Å². The van der Waals surface area contributed by atoms with Crippen molar-refractivity contribution in [3.05, 3.63) is 48.1 Å². The van der Waals surface area contributed by atoms with Gasteiger partial charge in [0.25, 0.3) is 0 Å². The maximum Gasteiger partial charge on any atom is 0.161 e. The molecule has 6 nitrogen and oxygen atoms in total. The van der Waals surface area contributed by atoms with Gasteiger partial charge in [-0.05, 0) is 160 Å². The van der Waals surface area contributed by atoms with Gasteiger partial charge in [-0.3, -0.25) is 0 Å². The summed E-state index contributed by atoms with van der Waals surface area (Å²) >= 11 is 0. The van der Waals surface area contributed by atoms with Crippen LogP contribution >= 0.6 is 49.6 Å². The number of nitrogens with one attached hydrogen (secondary N) is 3. The zero-order valence-electron chi connectivity index (χ0n) is 42.5. The molecule has 1 rings (SSSR count). The van der Waals surface area contributed by atoms with Crippen LogP contribution in [0, 0.1) is 0 Å². The van der Waals surface area contributed by atoms with Crippen LogP contribution in [0.5, 0.6) is 11.5 Å². The molecule has 5 N–H and O–H groups in total. The molecule has 0 spiro atoms. The largest absolute Gasteiger partial charge is 0.490 e. The van der Waals surface area contributed by atoms with Crippen LogP contribution in [0.1, 0.15) is 238 Å². The van der Waals surface area contributed by atoms with Gasteiger partial charge in [-0.2, -0.15) is 0 Å². The van der Waals surface area contributed by atoms with E-state index in [9.17, 15) is 0 Å². The van der Waals surface area contributed by atoms with Gasteiger partial charge in [0.2, 0.25) is 0 Å². The molecule has 1 aromatic carbocycles. The van der Waals surface area contributed by atoms with Crippen molar-refractivity contribution < 1.29 is 9.47 Å². The van der Waals surface area contributed by atoms with Crippen molar-refractivity contribution in [1.82, 2.24) is 16.0 Å². The predicted molar refractivity (Wildman–Crippen MR) is 300 cm³/mol. The Morgan fingerprint density at radius 1 is 0.385 bits per heavy atom. The first-order chi connectivity index (χ1) is 30.3. The second-order valence-corrected chi connectivity index (χ2v) is 17.9. The number of halogens is 4. The van der Waals surface area contributed by atoms with Crippen LogP contribution in [0.25, 0.3) is 0 Å². The molecular formula is C55H108Cl4N4O2. The molecule has 10 heteroatoms. The summed E-state index contributed by atoms with van der Waals surface area (Å²) in [6.45, 7) is 13.3. The van der Waals surface area contributed by atoms with Crippen molar-refractivity contribution in [1.29, 1.82) is 0 Å². The fourth-order valence-corrected chi connectivity index (χ4v) is 7.83. The number of ether oxygens (including phenoxy) is 2. The van der Waals surface area contributed by atoms with E-state index in [0.29, 0.717) is 0 Å². The third-order valence-corrected chi connectivity index (χ3v) is 11.9. The normalized spacial score (nSPS) is 11.1. The molecule has 0 radical (unpaired) electrons. The van der Waals surface area contributed by atoms with E-state index in [2.05, 4.69) is 72.3 Å². The van der Waals surface area contributed by atoms with Crippen LogP contribution in [-0.2, 0) is 6.54 Å². The highest BCUT2D eigenvalue weighted by Crippen LogP contribution is 2.29. The van der Waals surface area contributed by atoms with E-state index in [-0.39, 0.29) is 49.6 Å². The minimum absolute atomic E-state index is 0. The van der Waals surface area contributed by atoms with E-state index < -0.39 is 0 Å². The molecule has 0 aliphatic carbocycles. The van der Waals surface area contributed by atoms with Gasteiger partial charge in [-0.1, -0.05) is 160 Å². The first-order valence-electron chi connectivity index (χ1n) is 26.8. The maximum atomic E-state index is 6.43. The number of unbranched alkanes of at least 4 members (excludes halogenated alkanes) is 27. The highest BCUT2D eigenvalue weighted by atomic mass is 35.5. The number of hydrogen-bond donors (Lipinski definition) is 4. The van der Waals surface area contributed by atoms with Gasteiger partial charge in [-0.15, -0.1) is 49.6 Å². The molecule has 0 bridgehead atoms. The zero-order valence-corrected chi connectivity index (χ0v) is 45.7. The summed E-state index contributed by atoms with van der Waals surface area (Å²) in [6.07, 6.45) is 53.9. The lowest BCUT2D eigenvalue weighted by Crippen LogP contribution is -2.21. The molecule has 0 unspecified atom stereocenters. The summed E-state index contributed by atoms with van der Waals surface area (Å²) in [5.41, 5.74) is 6.84. The number of nitrogens with two attached hydrogens (primary N) is 1. The Morgan fingerprint density at radius 3 is 1.12 bits per heavy atom. The average Bonchev–Trinajstić information content (AvgIpc) is 3.27.